The van der Waals surface area contributed by atoms with E-state index in [1.807, 2.05) is 4.99 Å². The van der Waals surface area contributed by atoms with Crippen LogP contribution < -0.4 is 0 Å². The van der Waals surface area contributed by atoms with Crippen LogP contribution in [0.3, 0.4) is 0 Å². The zero-order valence-corrected chi connectivity index (χ0v) is 4.85. The van der Waals surface area contributed by atoms with Gasteiger partial charge in [-0.3, -0.25) is 0 Å². The van der Waals surface area contributed by atoms with Gasteiger partial charge in [-0.25, -0.2) is 0 Å². The Morgan fingerprint density at radius 3 is 2.33 bits per heavy atom. The van der Waals surface area contributed by atoms with E-state index in [1.54, 1.807) is 0 Å². The van der Waals surface area contributed by atoms with Crippen LogP contribution in [0.25, 0.3) is 0 Å². The van der Waals surface area contributed by atoms with Crippen LogP contribution in [0.15, 0.2) is 23.2 Å². The lowest BCUT2D eigenvalue weighted by Gasteiger charge is -1.70. The summed E-state index contributed by atoms with van der Waals surface area (Å²) in [5.74, 6) is 0.671. The maximum Gasteiger partial charge on any atom is 0.0136 e. The Kier molecular flexibility index (Phi) is 1.10. The maximum absolute atomic E-state index is 3.17. The molecule has 0 aromatic carbocycles. The van der Waals surface area contributed by atoms with Crippen LogP contribution in [0.1, 0.15) is 0 Å². The SMILES string of the molecule is Br/C=C\C1C=C1. The standard InChI is InChI=1S/C5H5Br/c6-4-3-5-1-2-5/h1-5H/b4-3-. The lowest BCUT2D eigenvalue weighted by Crippen LogP contribution is -1.57. The summed E-state index contributed by atoms with van der Waals surface area (Å²) in [6.07, 6.45) is 6.36. The monoisotopic (exact) mass is 144 g/mol. The van der Waals surface area contributed by atoms with Crippen molar-refractivity contribution in [3.8, 4) is 0 Å². The van der Waals surface area contributed by atoms with Crippen molar-refractivity contribution in [2.45, 2.75) is 0 Å². The van der Waals surface area contributed by atoms with Crippen molar-refractivity contribution < 1.29 is 0 Å². The first-order valence-electron chi connectivity index (χ1n) is 1.88. The molecule has 1 aliphatic rings. The van der Waals surface area contributed by atoms with Gasteiger partial charge in [0.25, 0.3) is 0 Å². The van der Waals surface area contributed by atoms with Crippen LogP contribution in [-0.2, 0) is 0 Å². The highest BCUT2D eigenvalue weighted by Crippen LogP contribution is 2.16. The molecule has 0 aromatic rings. The molecule has 0 amide bonds. The van der Waals surface area contributed by atoms with Gasteiger partial charge in [-0.15, -0.1) is 0 Å². The Morgan fingerprint density at radius 2 is 2.17 bits per heavy atom. The summed E-state index contributed by atoms with van der Waals surface area (Å²) < 4.78 is 0. The minimum Gasteiger partial charge on any atom is -0.0769 e. The lowest BCUT2D eigenvalue weighted by atomic mass is 10.4. The third-order valence-electron chi connectivity index (χ3n) is 0.710. The Balaban J connectivity index is 2.19. The van der Waals surface area contributed by atoms with E-state index in [2.05, 4.69) is 34.2 Å². The van der Waals surface area contributed by atoms with Crippen molar-refractivity contribution in [2.24, 2.45) is 5.92 Å². The van der Waals surface area contributed by atoms with Crippen molar-refractivity contribution >= 4 is 15.9 Å². The molecule has 1 heteroatoms. The predicted molar refractivity (Wildman–Crippen MR) is 30.7 cm³/mol. The molecule has 0 spiro atoms. The minimum absolute atomic E-state index is 0.671. The van der Waals surface area contributed by atoms with Gasteiger partial charge in [0.15, 0.2) is 0 Å². The number of rotatable bonds is 1. The maximum atomic E-state index is 3.17. The molecule has 0 fully saturated rings. The van der Waals surface area contributed by atoms with Crippen LogP contribution in [0.5, 0.6) is 0 Å². The third kappa shape index (κ3) is 0.977. The largest absolute Gasteiger partial charge is 0.0769 e. The molecule has 1 rings (SSSR count). The highest BCUT2D eigenvalue weighted by Gasteiger charge is 2.02. The molecule has 0 heterocycles. The van der Waals surface area contributed by atoms with Crippen LogP contribution >= 0.6 is 15.9 Å². The molecule has 0 N–H and O–H groups in total. The molecule has 0 aliphatic heterocycles. The van der Waals surface area contributed by atoms with Crippen LogP contribution in [-0.4, -0.2) is 0 Å². The molecule has 32 valence electrons. The van der Waals surface area contributed by atoms with Gasteiger partial charge in [0, 0.05) is 5.92 Å². The van der Waals surface area contributed by atoms with Crippen LogP contribution in [0.2, 0.25) is 0 Å². The summed E-state index contributed by atoms with van der Waals surface area (Å²) in [4.78, 5) is 1.89. The van der Waals surface area contributed by atoms with E-state index in [1.165, 1.54) is 0 Å². The summed E-state index contributed by atoms with van der Waals surface area (Å²) in [5.41, 5.74) is 0. The molecule has 0 bridgehead atoms. The van der Waals surface area contributed by atoms with E-state index in [0.29, 0.717) is 5.92 Å². The zero-order chi connectivity index (χ0) is 4.41. The molecule has 1 aliphatic carbocycles. The molecule has 0 unspecified atom stereocenters. The number of halogens is 1. The lowest BCUT2D eigenvalue weighted by molar-refractivity contribution is 1.26. The summed E-state index contributed by atoms with van der Waals surface area (Å²) in [6.45, 7) is 0. The summed E-state index contributed by atoms with van der Waals surface area (Å²) in [6, 6.07) is 0. The number of allylic oxidation sites excluding steroid dienone is 3. The zero-order valence-electron chi connectivity index (χ0n) is 3.26. The van der Waals surface area contributed by atoms with Crippen molar-refractivity contribution in [3.63, 3.8) is 0 Å². The van der Waals surface area contributed by atoms with Gasteiger partial charge >= 0.3 is 0 Å². The molecular formula is C5H5Br. The fourth-order valence-electron chi connectivity index (χ4n) is 0.276. The second-order valence-electron chi connectivity index (χ2n) is 1.28. The van der Waals surface area contributed by atoms with E-state index >= 15 is 0 Å². The van der Waals surface area contributed by atoms with E-state index in [0.717, 1.165) is 0 Å². The van der Waals surface area contributed by atoms with Gasteiger partial charge < -0.3 is 0 Å². The Morgan fingerprint density at radius 1 is 1.50 bits per heavy atom. The smallest absolute Gasteiger partial charge is 0.0136 e. The van der Waals surface area contributed by atoms with Crippen molar-refractivity contribution in [1.82, 2.24) is 0 Å². The minimum atomic E-state index is 0.671. The van der Waals surface area contributed by atoms with E-state index in [-0.39, 0.29) is 0 Å². The fraction of sp³-hybridized carbons (Fsp3) is 0.200. The molecule has 0 aromatic heterocycles. The molecule has 0 saturated carbocycles. The second kappa shape index (κ2) is 1.61. The van der Waals surface area contributed by atoms with Gasteiger partial charge in [0.1, 0.15) is 0 Å². The van der Waals surface area contributed by atoms with E-state index in [4.69, 9.17) is 0 Å². The van der Waals surface area contributed by atoms with Gasteiger partial charge in [0.05, 0.1) is 0 Å². The predicted octanol–water partition coefficient (Wildman–Crippen LogP) is 2.08. The molecule has 0 nitrogen and oxygen atoms in total. The first kappa shape index (κ1) is 4.13. The average Bonchev–Trinajstić information content (AvgIpc) is 2.21. The van der Waals surface area contributed by atoms with Gasteiger partial charge in [-0.05, 0) is 4.99 Å². The second-order valence-corrected chi connectivity index (χ2v) is 1.81. The number of hydrogen-bond donors (Lipinski definition) is 0. The fourth-order valence-corrected chi connectivity index (χ4v) is 0.629. The van der Waals surface area contributed by atoms with Crippen LogP contribution in [0, 0.1) is 5.92 Å². The Hall–Kier alpha value is -0.0400. The van der Waals surface area contributed by atoms with E-state index < -0.39 is 0 Å². The molecule has 6 heavy (non-hydrogen) atoms. The molecule has 0 saturated heterocycles. The summed E-state index contributed by atoms with van der Waals surface area (Å²) in [7, 11) is 0. The van der Waals surface area contributed by atoms with Crippen molar-refractivity contribution in [2.75, 3.05) is 0 Å². The van der Waals surface area contributed by atoms with Gasteiger partial charge in [-0.2, -0.15) is 0 Å². The normalized spacial score (nSPS) is 20.2. The highest BCUT2D eigenvalue weighted by atomic mass is 79.9. The summed E-state index contributed by atoms with van der Waals surface area (Å²) >= 11 is 3.17. The van der Waals surface area contributed by atoms with Crippen LogP contribution in [0.4, 0.5) is 0 Å². The van der Waals surface area contributed by atoms with Crippen molar-refractivity contribution in [1.29, 1.82) is 0 Å². The Bertz CT molecular complexity index is 86.1. The molecule has 0 atom stereocenters. The quantitative estimate of drug-likeness (QED) is 0.495. The first-order chi connectivity index (χ1) is 2.93. The molecule has 0 radical (unpaired) electrons. The third-order valence-corrected chi connectivity index (χ3v) is 1.01. The van der Waals surface area contributed by atoms with Gasteiger partial charge in [-0.1, -0.05) is 34.2 Å². The number of hydrogen-bond acceptors (Lipinski definition) is 0. The van der Waals surface area contributed by atoms with Gasteiger partial charge in [0.2, 0.25) is 0 Å². The molecular weight excluding hydrogens is 140 g/mol. The topological polar surface area (TPSA) is 0 Å². The van der Waals surface area contributed by atoms with Crippen molar-refractivity contribution in [3.05, 3.63) is 23.2 Å². The Labute approximate surface area is 45.7 Å². The first-order valence-corrected chi connectivity index (χ1v) is 2.80. The highest BCUT2D eigenvalue weighted by molar-refractivity contribution is 9.11. The summed E-state index contributed by atoms with van der Waals surface area (Å²) in [5, 5.41) is 0. The average molecular weight is 145 g/mol. The van der Waals surface area contributed by atoms with E-state index in [9.17, 15) is 0 Å².